The molecule has 0 fully saturated rings. The number of alkyl halides is 3. The zero-order valence-electron chi connectivity index (χ0n) is 15.6. The summed E-state index contributed by atoms with van der Waals surface area (Å²) in [6.45, 7) is 1.50. The number of amides is 2. The highest BCUT2D eigenvalue weighted by Crippen LogP contribution is 2.25. The summed E-state index contributed by atoms with van der Waals surface area (Å²) in [6.07, 6.45) is -2.81. The van der Waals surface area contributed by atoms with Crippen LogP contribution in [0.3, 0.4) is 0 Å². The number of carbonyl (C=O) groups is 2. The first-order chi connectivity index (χ1) is 14.5. The summed E-state index contributed by atoms with van der Waals surface area (Å²) in [7, 11) is 0. The lowest BCUT2D eigenvalue weighted by molar-refractivity contribution is -0.274. The molecule has 0 spiro atoms. The summed E-state index contributed by atoms with van der Waals surface area (Å²) in [5, 5.41) is 6.43. The smallest absolute Gasteiger partial charge is 0.406 e. The number of primary amides is 1. The Bertz CT molecular complexity index is 1130. The van der Waals surface area contributed by atoms with Gasteiger partial charge in [0.15, 0.2) is 11.6 Å². The topological polar surface area (TPSA) is 138 Å². The van der Waals surface area contributed by atoms with Gasteiger partial charge in [-0.3, -0.25) is 9.59 Å². The number of nitrogens with one attached hydrogen (secondary N) is 1. The van der Waals surface area contributed by atoms with E-state index in [0.717, 1.165) is 24.8 Å². The van der Waals surface area contributed by atoms with Crippen molar-refractivity contribution in [2.24, 2.45) is 5.73 Å². The van der Waals surface area contributed by atoms with Gasteiger partial charge < -0.3 is 15.8 Å². The lowest BCUT2D eigenvalue weighted by Crippen LogP contribution is -2.29. The Morgan fingerprint density at radius 1 is 1.13 bits per heavy atom. The lowest BCUT2D eigenvalue weighted by atomic mass is 10.1. The molecule has 3 aromatic rings. The maximum Gasteiger partial charge on any atom is 0.573 e. The van der Waals surface area contributed by atoms with Gasteiger partial charge in [-0.15, -0.1) is 13.2 Å². The van der Waals surface area contributed by atoms with Crippen molar-refractivity contribution in [3.05, 3.63) is 59.8 Å². The molecule has 3 N–H and O–H groups in total. The predicted octanol–water partition coefficient (Wildman–Crippen LogP) is 1.68. The van der Waals surface area contributed by atoms with Crippen LogP contribution in [0.15, 0.2) is 36.9 Å². The van der Waals surface area contributed by atoms with Crippen molar-refractivity contribution in [1.29, 1.82) is 0 Å². The van der Waals surface area contributed by atoms with Crippen LogP contribution in [0.4, 0.5) is 17.6 Å². The van der Waals surface area contributed by atoms with E-state index in [4.69, 9.17) is 5.73 Å². The van der Waals surface area contributed by atoms with Crippen LogP contribution in [0.5, 0.6) is 5.75 Å². The molecule has 0 unspecified atom stereocenters. The zero-order chi connectivity index (χ0) is 22.8. The Hall–Kier alpha value is -4.10. The minimum Gasteiger partial charge on any atom is -0.406 e. The number of halogens is 4. The molecule has 1 aromatic carbocycles. The Labute approximate surface area is 171 Å². The summed E-state index contributed by atoms with van der Waals surface area (Å²) in [5.74, 6) is -3.38. The first kappa shape index (κ1) is 21.6. The fourth-order valence-electron chi connectivity index (χ4n) is 2.55. The minimum absolute atomic E-state index is 0.0832. The Kier molecular flexibility index (Phi) is 5.81. The van der Waals surface area contributed by atoms with Crippen LogP contribution in [0.1, 0.15) is 39.6 Å². The van der Waals surface area contributed by atoms with Crippen molar-refractivity contribution >= 4 is 11.8 Å². The molecule has 0 saturated heterocycles. The monoisotopic (exact) mass is 439 g/mol. The highest BCUT2D eigenvalue weighted by Gasteiger charge is 2.31. The number of hydrogen-bond donors (Lipinski definition) is 2. The second-order valence-electron chi connectivity index (χ2n) is 6.07. The molecule has 0 aliphatic rings. The highest BCUT2D eigenvalue weighted by molar-refractivity contribution is 5.94. The number of benzene rings is 1. The zero-order valence-corrected chi connectivity index (χ0v) is 15.6. The minimum atomic E-state index is -5.05. The van der Waals surface area contributed by atoms with E-state index in [0.29, 0.717) is 6.07 Å². The third-order valence-corrected chi connectivity index (χ3v) is 3.80. The molecule has 2 heterocycles. The molecule has 0 bridgehead atoms. The standard InChI is InChI=1S/C17H13F4N7O3/c1-8(15-25-7-26-28(15)13-5-12(14(22)29)23-6-24-13)27-16(30)9-2-10(18)4-11(3-9)31-17(19,20)21/h2-8H,1H3,(H2,22,29)(H,27,30)/t8-/m0/s1. The van der Waals surface area contributed by atoms with E-state index in [1.807, 2.05) is 0 Å². The molecule has 1 atom stereocenters. The van der Waals surface area contributed by atoms with Gasteiger partial charge in [-0.05, 0) is 19.1 Å². The second-order valence-corrected chi connectivity index (χ2v) is 6.07. The molecule has 162 valence electrons. The molecule has 31 heavy (non-hydrogen) atoms. The van der Waals surface area contributed by atoms with Gasteiger partial charge in [0.2, 0.25) is 0 Å². The molecule has 10 nitrogen and oxygen atoms in total. The van der Waals surface area contributed by atoms with Gasteiger partial charge in [0.25, 0.3) is 11.8 Å². The van der Waals surface area contributed by atoms with Gasteiger partial charge in [0.05, 0.1) is 6.04 Å². The predicted molar refractivity (Wildman–Crippen MR) is 94.4 cm³/mol. The average molecular weight is 439 g/mol. The van der Waals surface area contributed by atoms with Crippen molar-refractivity contribution in [3.63, 3.8) is 0 Å². The molecule has 2 aromatic heterocycles. The number of nitrogens with zero attached hydrogens (tertiary/aromatic N) is 5. The number of hydrogen-bond acceptors (Lipinski definition) is 7. The van der Waals surface area contributed by atoms with Gasteiger partial charge in [0, 0.05) is 17.7 Å². The molecular formula is C17H13F4N7O3. The first-order valence-electron chi connectivity index (χ1n) is 8.43. The summed E-state index contributed by atoms with van der Waals surface area (Å²) in [4.78, 5) is 35.4. The van der Waals surface area contributed by atoms with E-state index in [1.54, 1.807) is 0 Å². The van der Waals surface area contributed by atoms with Crippen molar-refractivity contribution in [1.82, 2.24) is 30.0 Å². The van der Waals surface area contributed by atoms with E-state index < -0.39 is 41.3 Å². The largest absolute Gasteiger partial charge is 0.573 e. The second kappa shape index (κ2) is 8.33. The third-order valence-electron chi connectivity index (χ3n) is 3.80. The summed E-state index contributed by atoms with van der Waals surface area (Å²) in [5.41, 5.74) is 4.69. The van der Waals surface area contributed by atoms with Gasteiger partial charge in [-0.2, -0.15) is 9.78 Å². The van der Waals surface area contributed by atoms with Gasteiger partial charge in [-0.25, -0.2) is 19.3 Å². The Balaban J connectivity index is 1.83. The molecule has 0 aliphatic heterocycles. The highest BCUT2D eigenvalue weighted by atomic mass is 19.4. The van der Waals surface area contributed by atoms with Crippen LogP contribution in [0.25, 0.3) is 5.82 Å². The molecule has 0 radical (unpaired) electrons. The number of carbonyl (C=O) groups excluding carboxylic acids is 2. The maximum absolute atomic E-state index is 13.7. The molecule has 0 saturated carbocycles. The summed E-state index contributed by atoms with van der Waals surface area (Å²) >= 11 is 0. The third kappa shape index (κ3) is 5.29. The quantitative estimate of drug-likeness (QED) is 0.558. The van der Waals surface area contributed by atoms with Crippen molar-refractivity contribution in [2.45, 2.75) is 19.3 Å². The number of aromatic nitrogens is 5. The van der Waals surface area contributed by atoms with Crippen LogP contribution in [-0.2, 0) is 0 Å². The van der Waals surface area contributed by atoms with Crippen molar-refractivity contribution < 1.29 is 31.9 Å². The normalized spacial score (nSPS) is 12.3. The number of ether oxygens (including phenoxy) is 1. The molecule has 0 aliphatic carbocycles. The van der Waals surface area contributed by atoms with Crippen molar-refractivity contribution in [3.8, 4) is 11.6 Å². The fraction of sp³-hybridized carbons (Fsp3) is 0.176. The van der Waals surface area contributed by atoms with E-state index in [-0.39, 0.29) is 17.3 Å². The van der Waals surface area contributed by atoms with Crippen LogP contribution in [0, 0.1) is 5.82 Å². The lowest BCUT2D eigenvalue weighted by Gasteiger charge is -2.15. The molecule has 3 rings (SSSR count). The molecule has 2 amide bonds. The van der Waals surface area contributed by atoms with Crippen LogP contribution >= 0.6 is 0 Å². The summed E-state index contributed by atoms with van der Waals surface area (Å²) in [6, 6.07) is 2.39. The van der Waals surface area contributed by atoms with Gasteiger partial charge in [0.1, 0.15) is 29.9 Å². The van der Waals surface area contributed by atoms with Crippen LogP contribution in [-0.4, -0.2) is 42.9 Å². The Morgan fingerprint density at radius 2 is 1.87 bits per heavy atom. The van der Waals surface area contributed by atoms with E-state index in [1.165, 1.54) is 17.7 Å². The molecular weight excluding hydrogens is 426 g/mol. The van der Waals surface area contributed by atoms with Crippen molar-refractivity contribution in [2.75, 3.05) is 0 Å². The first-order valence-corrected chi connectivity index (χ1v) is 8.43. The number of nitrogens with two attached hydrogens (primary N) is 1. The van der Waals surface area contributed by atoms with E-state index in [2.05, 4.69) is 30.1 Å². The summed E-state index contributed by atoms with van der Waals surface area (Å²) < 4.78 is 55.7. The van der Waals surface area contributed by atoms with Crippen LogP contribution < -0.4 is 15.8 Å². The van der Waals surface area contributed by atoms with E-state index in [9.17, 15) is 27.2 Å². The molecule has 14 heteroatoms. The number of rotatable bonds is 6. The SMILES string of the molecule is C[C@H](NC(=O)c1cc(F)cc(OC(F)(F)F)c1)c1ncnn1-c1cc(C(N)=O)ncn1. The van der Waals surface area contributed by atoms with Gasteiger partial charge in [-0.1, -0.05) is 0 Å². The fourth-order valence-corrected chi connectivity index (χ4v) is 2.55. The van der Waals surface area contributed by atoms with E-state index >= 15 is 0 Å². The maximum atomic E-state index is 13.7. The Morgan fingerprint density at radius 3 is 2.55 bits per heavy atom. The van der Waals surface area contributed by atoms with Crippen LogP contribution in [0.2, 0.25) is 0 Å². The van der Waals surface area contributed by atoms with Gasteiger partial charge >= 0.3 is 6.36 Å². The average Bonchev–Trinajstić information content (AvgIpc) is 3.16.